The van der Waals surface area contributed by atoms with Crippen LogP contribution in [0.1, 0.15) is 5.56 Å². The zero-order valence-corrected chi connectivity index (χ0v) is 8.90. The van der Waals surface area contributed by atoms with Crippen molar-refractivity contribution in [3.63, 3.8) is 0 Å². The van der Waals surface area contributed by atoms with Gasteiger partial charge in [-0.25, -0.2) is 0 Å². The third-order valence-electron chi connectivity index (χ3n) is 2.47. The summed E-state index contributed by atoms with van der Waals surface area (Å²) in [6, 6.07) is 12.0. The zero-order valence-electron chi connectivity index (χ0n) is 8.90. The SMILES string of the molecule is Cc1cc(-c2ccccc2)cn(C)c1=O. The first kappa shape index (κ1) is 9.71. The van der Waals surface area contributed by atoms with E-state index in [1.165, 1.54) is 0 Å². The Morgan fingerprint density at radius 2 is 1.73 bits per heavy atom. The quantitative estimate of drug-likeness (QED) is 0.691. The highest BCUT2D eigenvalue weighted by Gasteiger charge is 2.01. The largest absolute Gasteiger partial charge is 0.318 e. The summed E-state index contributed by atoms with van der Waals surface area (Å²) in [6.45, 7) is 1.84. The number of pyridine rings is 1. The Morgan fingerprint density at radius 1 is 1.07 bits per heavy atom. The van der Waals surface area contributed by atoms with Crippen LogP contribution in [-0.4, -0.2) is 4.57 Å². The predicted molar refractivity (Wildman–Crippen MR) is 61.9 cm³/mol. The average Bonchev–Trinajstić information content (AvgIpc) is 2.26. The van der Waals surface area contributed by atoms with Crippen molar-refractivity contribution in [2.45, 2.75) is 6.92 Å². The maximum Gasteiger partial charge on any atom is 0.253 e. The van der Waals surface area contributed by atoms with Crippen molar-refractivity contribution >= 4 is 0 Å². The Balaban J connectivity index is 2.61. The van der Waals surface area contributed by atoms with Gasteiger partial charge in [-0.1, -0.05) is 30.3 Å². The van der Waals surface area contributed by atoms with Gasteiger partial charge in [-0.15, -0.1) is 0 Å². The van der Waals surface area contributed by atoms with Crippen molar-refractivity contribution in [3.05, 3.63) is 58.5 Å². The van der Waals surface area contributed by atoms with Crippen molar-refractivity contribution in [2.75, 3.05) is 0 Å². The van der Waals surface area contributed by atoms with Gasteiger partial charge in [0.15, 0.2) is 0 Å². The molecule has 1 aromatic heterocycles. The van der Waals surface area contributed by atoms with E-state index in [-0.39, 0.29) is 5.56 Å². The molecule has 0 amide bonds. The Morgan fingerprint density at radius 3 is 2.33 bits per heavy atom. The second kappa shape index (κ2) is 3.73. The summed E-state index contributed by atoms with van der Waals surface area (Å²) in [4.78, 5) is 11.5. The molecule has 0 saturated heterocycles. The molecule has 0 unspecified atom stereocenters. The van der Waals surface area contributed by atoms with E-state index in [0.29, 0.717) is 0 Å². The van der Waals surface area contributed by atoms with Crippen LogP contribution in [0.25, 0.3) is 11.1 Å². The van der Waals surface area contributed by atoms with Gasteiger partial charge >= 0.3 is 0 Å². The molecule has 1 heterocycles. The van der Waals surface area contributed by atoms with Crippen LogP contribution in [-0.2, 0) is 7.05 Å². The number of aromatic nitrogens is 1. The fourth-order valence-electron chi connectivity index (χ4n) is 1.67. The Kier molecular flexibility index (Phi) is 2.42. The van der Waals surface area contributed by atoms with Gasteiger partial charge in [-0.05, 0) is 24.1 Å². The first-order valence-corrected chi connectivity index (χ1v) is 4.91. The molecule has 2 aromatic rings. The van der Waals surface area contributed by atoms with Gasteiger partial charge in [0, 0.05) is 18.8 Å². The molecule has 0 saturated carbocycles. The van der Waals surface area contributed by atoms with E-state index in [9.17, 15) is 4.79 Å². The van der Waals surface area contributed by atoms with E-state index in [4.69, 9.17) is 0 Å². The summed E-state index contributed by atoms with van der Waals surface area (Å²) in [5.74, 6) is 0. The van der Waals surface area contributed by atoms with Crippen LogP contribution in [0.2, 0.25) is 0 Å². The molecule has 0 fully saturated rings. The van der Waals surface area contributed by atoms with Crippen LogP contribution >= 0.6 is 0 Å². The molecule has 2 heteroatoms. The fraction of sp³-hybridized carbons (Fsp3) is 0.154. The lowest BCUT2D eigenvalue weighted by Crippen LogP contribution is -2.18. The molecule has 0 spiro atoms. The van der Waals surface area contributed by atoms with E-state index in [1.807, 2.05) is 49.5 Å². The highest BCUT2D eigenvalue weighted by molar-refractivity contribution is 5.62. The summed E-state index contributed by atoms with van der Waals surface area (Å²) in [6.07, 6.45) is 1.87. The normalized spacial score (nSPS) is 10.3. The highest BCUT2D eigenvalue weighted by atomic mass is 16.1. The van der Waals surface area contributed by atoms with Gasteiger partial charge in [0.1, 0.15) is 0 Å². The van der Waals surface area contributed by atoms with Crippen molar-refractivity contribution in [3.8, 4) is 11.1 Å². The van der Waals surface area contributed by atoms with Crippen molar-refractivity contribution in [1.29, 1.82) is 0 Å². The summed E-state index contributed by atoms with van der Waals surface area (Å²) >= 11 is 0. The molecule has 1 aromatic carbocycles. The number of hydrogen-bond donors (Lipinski definition) is 0. The molecule has 0 atom stereocenters. The Hall–Kier alpha value is -1.83. The molecule has 0 bridgehead atoms. The molecule has 2 rings (SSSR count). The minimum Gasteiger partial charge on any atom is -0.318 e. The van der Waals surface area contributed by atoms with Crippen molar-refractivity contribution in [2.24, 2.45) is 7.05 Å². The van der Waals surface area contributed by atoms with Crippen molar-refractivity contribution in [1.82, 2.24) is 4.57 Å². The molecule has 2 nitrogen and oxygen atoms in total. The molecule has 0 aliphatic carbocycles. The second-order valence-corrected chi connectivity index (χ2v) is 3.69. The van der Waals surface area contributed by atoms with Crippen LogP contribution in [0.4, 0.5) is 0 Å². The van der Waals surface area contributed by atoms with Crippen LogP contribution in [0.5, 0.6) is 0 Å². The van der Waals surface area contributed by atoms with E-state index >= 15 is 0 Å². The van der Waals surface area contributed by atoms with Crippen LogP contribution in [0.15, 0.2) is 47.4 Å². The number of hydrogen-bond acceptors (Lipinski definition) is 1. The molecule has 76 valence electrons. The first-order chi connectivity index (χ1) is 7.18. The van der Waals surface area contributed by atoms with Crippen LogP contribution in [0, 0.1) is 6.92 Å². The van der Waals surface area contributed by atoms with Crippen LogP contribution in [0.3, 0.4) is 0 Å². The summed E-state index contributed by atoms with van der Waals surface area (Å²) in [7, 11) is 1.78. The lowest BCUT2D eigenvalue weighted by Gasteiger charge is -2.05. The first-order valence-electron chi connectivity index (χ1n) is 4.91. The van der Waals surface area contributed by atoms with E-state index < -0.39 is 0 Å². The fourth-order valence-corrected chi connectivity index (χ4v) is 1.67. The van der Waals surface area contributed by atoms with E-state index in [0.717, 1.165) is 16.7 Å². The molecule has 0 N–H and O–H groups in total. The molecule has 0 aliphatic heterocycles. The zero-order chi connectivity index (χ0) is 10.8. The van der Waals surface area contributed by atoms with Gasteiger partial charge in [0.05, 0.1) is 0 Å². The minimum atomic E-state index is 0.0645. The summed E-state index contributed by atoms with van der Waals surface area (Å²) in [5.41, 5.74) is 3.06. The standard InChI is InChI=1S/C13H13NO/c1-10-8-12(9-14(2)13(10)15)11-6-4-3-5-7-11/h3-9H,1-2H3. The van der Waals surface area contributed by atoms with Crippen molar-refractivity contribution < 1.29 is 0 Å². The van der Waals surface area contributed by atoms with Gasteiger partial charge in [0.2, 0.25) is 0 Å². The monoisotopic (exact) mass is 199 g/mol. The lowest BCUT2D eigenvalue weighted by molar-refractivity contribution is 0.851. The summed E-state index contributed by atoms with van der Waals surface area (Å²) < 4.78 is 1.62. The molecule has 0 aliphatic rings. The number of aryl methyl sites for hydroxylation is 2. The Labute approximate surface area is 88.8 Å². The lowest BCUT2D eigenvalue weighted by atomic mass is 10.1. The smallest absolute Gasteiger partial charge is 0.253 e. The number of rotatable bonds is 1. The third kappa shape index (κ3) is 1.84. The van der Waals surface area contributed by atoms with Gasteiger partial charge < -0.3 is 4.57 Å². The third-order valence-corrected chi connectivity index (χ3v) is 2.47. The summed E-state index contributed by atoms with van der Waals surface area (Å²) in [5, 5.41) is 0. The average molecular weight is 199 g/mol. The van der Waals surface area contributed by atoms with Gasteiger partial charge in [-0.3, -0.25) is 4.79 Å². The maximum absolute atomic E-state index is 11.5. The van der Waals surface area contributed by atoms with Gasteiger partial charge in [0.25, 0.3) is 5.56 Å². The molecule has 0 radical (unpaired) electrons. The Bertz CT molecular complexity index is 500. The number of nitrogens with zero attached hydrogens (tertiary/aromatic N) is 1. The molecule has 15 heavy (non-hydrogen) atoms. The highest BCUT2D eigenvalue weighted by Crippen LogP contribution is 2.17. The molecular formula is C13H13NO. The van der Waals surface area contributed by atoms with E-state index in [2.05, 4.69) is 0 Å². The second-order valence-electron chi connectivity index (χ2n) is 3.69. The van der Waals surface area contributed by atoms with Crippen LogP contribution < -0.4 is 5.56 Å². The predicted octanol–water partition coefficient (Wildman–Crippen LogP) is 2.36. The maximum atomic E-state index is 11.5. The molecular weight excluding hydrogens is 186 g/mol. The van der Waals surface area contributed by atoms with Gasteiger partial charge in [-0.2, -0.15) is 0 Å². The number of benzene rings is 1. The van der Waals surface area contributed by atoms with E-state index in [1.54, 1.807) is 11.6 Å². The topological polar surface area (TPSA) is 22.0 Å². The minimum absolute atomic E-state index is 0.0645.